The van der Waals surface area contributed by atoms with E-state index in [0.717, 1.165) is 32.6 Å². The highest BCUT2D eigenvalue weighted by Gasteiger charge is 2.15. The van der Waals surface area contributed by atoms with Crippen molar-refractivity contribution in [2.75, 3.05) is 30.5 Å². The van der Waals surface area contributed by atoms with Gasteiger partial charge in [-0.2, -0.15) is 15.0 Å². The first-order chi connectivity index (χ1) is 10.3. The number of nitrogens with zero attached hydrogens (tertiary/aromatic N) is 5. The van der Waals surface area contributed by atoms with Gasteiger partial charge in [0.2, 0.25) is 17.8 Å². The van der Waals surface area contributed by atoms with E-state index >= 15 is 0 Å². The summed E-state index contributed by atoms with van der Waals surface area (Å²) in [4.78, 5) is 16.7. The zero-order chi connectivity index (χ0) is 14.5. The second-order valence-electron chi connectivity index (χ2n) is 4.84. The van der Waals surface area contributed by atoms with Crippen molar-refractivity contribution >= 4 is 11.9 Å². The molecule has 3 rings (SSSR count). The molecule has 1 saturated heterocycles. The predicted molar refractivity (Wildman–Crippen MR) is 76.8 cm³/mol. The van der Waals surface area contributed by atoms with Crippen molar-refractivity contribution in [3.8, 4) is 5.95 Å². The first-order valence-electron chi connectivity index (χ1n) is 6.88. The summed E-state index contributed by atoms with van der Waals surface area (Å²) in [7, 11) is 0. The van der Waals surface area contributed by atoms with Crippen molar-refractivity contribution in [3.05, 3.63) is 18.7 Å². The molecule has 1 aliphatic rings. The first kappa shape index (κ1) is 13.7. The number of nitrogen functional groups attached to an aromatic ring is 1. The van der Waals surface area contributed by atoms with E-state index in [9.17, 15) is 0 Å². The molecule has 1 fully saturated rings. The third-order valence-corrected chi connectivity index (χ3v) is 3.35. The molecule has 9 nitrogen and oxygen atoms in total. The standard InChI is InChI=1S/C12H18N8O/c13-19-11-16-10(15-3-1-9-2-6-21-7-9)17-12(18-11)20-5-4-14-8-20/h4-5,8-9H,1-3,6-7,13H2,(H2,15,16,17,18,19). The van der Waals surface area contributed by atoms with Crippen LogP contribution in [0.2, 0.25) is 0 Å². The van der Waals surface area contributed by atoms with Crippen LogP contribution in [0.25, 0.3) is 5.95 Å². The van der Waals surface area contributed by atoms with Crippen LogP contribution in [0, 0.1) is 5.92 Å². The normalized spacial score (nSPS) is 17.9. The number of hydrogen-bond donors (Lipinski definition) is 3. The smallest absolute Gasteiger partial charge is 0.243 e. The monoisotopic (exact) mass is 290 g/mol. The van der Waals surface area contributed by atoms with Gasteiger partial charge >= 0.3 is 0 Å². The summed E-state index contributed by atoms with van der Waals surface area (Å²) >= 11 is 0. The summed E-state index contributed by atoms with van der Waals surface area (Å²) in [5.74, 6) is 7.26. The van der Waals surface area contributed by atoms with Gasteiger partial charge in [-0.25, -0.2) is 10.8 Å². The molecule has 0 radical (unpaired) electrons. The number of rotatable bonds is 6. The van der Waals surface area contributed by atoms with E-state index in [1.54, 1.807) is 23.3 Å². The second-order valence-corrected chi connectivity index (χ2v) is 4.84. The van der Waals surface area contributed by atoms with Gasteiger partial charge < -0.3 is 10.1 Å². The highest BCUT2D eigenvalue weighted by atomic mass is 16.5. The van der Waals surface area contributed by atoms with Crippen LogP contribution in [-0.2, 0) is 4.74 Å². The number of nitrogens with two attached hydrogens (primary N) is 1. The first-order valence-corrected chi connectivity index (χ1v) is 6.88. The molecule has 0 saturated carbocycles. The molecule has 9 heteroatoms. The highest BCUT2D eigenvalue weighted by Crippen LogP contribution is 2.16. The Morgan fingerprint density at radius 2 is 2.24 bits per heavy atom. The molecule has 21 heavy (non-hydrogen) atoms. The number of imidazole rings is 1. The molecule has 112 valence electrons. The summed E-state index contributed by atoms with van der Waals surface area (Å²) in [6, 6.07) is 0. The van der Waals surface area contributed by atoms with E-state index in [0.29, 0.717) is 23.8 Å². The van der Waals surface area contributed by atoms with Gasteiger partial charge in [-0.1, -0.05) is 0 Å². The SMILES string of the molecule is NNc1nc(NCCC2CCOC2)nc(-n2ccnc2)n1. The number of hydrogen-bond acceptors (Lipinski definition) is 8. The van der Waals surface area contributed by atoms with Gasteiger partial charge in [-0.05, 0) is 18.8 Å². The van der Waals surface area contributed by atoms with Gasteiger partial charge in [0.1, 0.15) is 6.33 Å². The summed E-state index contributed by atoms with van der Waals surface area (Å²) in [6.45, 7) is 2.49. The van der Waals surface area contributed by atoms with E-state index in [2.05, 4.69) is 30.7 Å². The molecule has 2 aromatic heterocycles. The van der Waals surface area contributed by atoms with Crippen LogP contribution in [0.15, 0.2) is 18.7 Å². The Hall–Kier alpha value is -2.26. The maximum absolute atomic E-state index is 5.40. The van der Waals surface area contributed by atoms with Crippen molar-refractivity contribution in [2.24, 2.45) is 11.8 Å². The maximum atomic E-state index is 5.40. The van der Waals surface area contributed by atoms with Crippen LogP contribution in [0.1, 0.15) is 12.8 Å². The van der Waals surface area contributed by atoms with E-state index in [-0.39, 0.29) is 0 Å². The third kappa shape index (κ3) is 3.44. The Balaban J connectivity index is 1.67. The van der Waals surface area contributed by atoms with Crippen LogP contribution in [-0.4, -0.2) is 44.3 Å². The molecule has 0 aliphatic carbocycles. The quantitative estimate of drug-likeness (QED) is 0.509. The van der Waals surface area contributed by atoms with Gasteiger partial charge in [0, 0.05) is 32.2 Å². The number of anilines is 2. The average Bonchev–Trinajstić information content (AvgIpc) is 3.20. The van der Waals surface area contributed by atoms with Crippen molar-refractivity contribution in [2.45, 2.75) is 12.8 Å². The molecule has 0 bridgehead atoms. The largest absolute Gasteiger partial charge is 0.381 e. The molecule has 1 unspecified atom stereocenters. The van der Waals surface area contributed by atoms with Crippen molar-refractivity contribution in [3.63, 3.8) is 0 Å². The number of nitrogens with one attached hydrogen (secondary N) is 2. The van der Waals surface area contributed by atoms with Gasteiger partial charge in [0.05, 0.1) is 0 Å². The average molecular weight is 290 g/mol. The minimum absolute atomic E-state index is 0.306. The summed E-state index contributed by atoms with van der Waals surface area (Å²) in [5, 5.41) is 3.20. The lowest BCUT2D eigenvalue weighted by atomic mass is 10.1. The lowest BCUT2D eigenvalue weighted by Gasteiger charge is -2.10. The second kappa shape index (κ2) is 6.46. The minimum atomic E-state index is 0.306. The zero-order valence-electron chi connectivity index (χ0n) is 11.6. The Morgan fingerprint density at radius 3 is 2.95 bits per heavy atom. The Bertz CT molecular complexity index is 567. The Labute approximate surface area is 121 Å². The maximum Gasteiger partial charge on any atom is 0.243 e. The van der Waals surface area contributed by atoms with Crippen LogP contribution in [0.5, 0.6) is 0 Å². The van der Waals surface area contributed by atoms with Gasteiger partial charge in [-0.15, -0.1) is 0 Å². The number of ether oxygens (including phenoxy) is 1. The molecule has 3 heterocycles. The molecular weight excluding hydrogens is 272 g/mol. The topological polar surface area (TPSA) is 116 Å². The van der Waals surface area contributed by atoms with Crippen LogP contribution < -0.4 is 16.6 Å². The molecule has 0 aromatic carbocycles. The van der Waals surface area contributed by atoms with Gasteiger partial charge in [0.15, 0.2) is 0 Å². The van der Waals surface area contributed by atoms with Crippen LogP contribution >= 0.6 is 0 Å². The van der Waals surface area contributed by atoms with E-state index in [4.69, 9.17) is 10.6 Å². The number of hydrazine groups is 1. The fourth-order valence-electron chi connectivity index (χ4n) is 2.20. The van der Waals surface area contributed by atoms with Gasteiger partial charge in [-0.3, -0.25) is 9.99 Å². The Morgan fingerprint density at radius 1 is 1.33 bits per heavy atom. The van der Waals surface area contributed by atoms with Crippen molar-refractivity contribution < 1.29 is 4.74 Å². The fraction of sp³-hybridized carbons (Fsp3) is 0.500. The predicted octanol–water partition coefficient (Wildman–Crippen LogP) is 0.181. The fourth-order valence-corrected chi connectivity index (χ4v) is 2.20. The van der Waals surface area contributed by atoms with Crippen molar-refractivity contribution in [1.82, 2.24) is 24.5 Å². The van der Waals surface area contributed by atoms with Crippen LogP contribution in [0.3, 0.4) is 0 Å². The molecule has 4 N–H and O–H groups in total. The third-order valence-electron chi connectivity index (χ3n) is 3.35. The molecule has 0 amide bonds. The van der Waals surface area contributed by atoms with E-state index < -0.39 is 0 Å². The van der Waals surface area contributed by atoms with Gasteiger partial charge in [0.25, 0.3) is 0 Å². The van der Waals surface area contributed by atoms with Crippen molar-refractivity contribution in [1.29, 1.82) is 0 Å². The summed E-state index contributed by atoms with van der Waals surface area (Å²) in [6.07, 6.45) is 7.18. The van der Waals surface area contributed by atoms with E-state index in [1.807, 2.05) is 0 Å². The zero-order valence-corrected chi connectivity index (χ0v) is 11.6. The van der Waals surface area contributed by atoms with E-state index in [1.165, 1.54) is 0 Å². The lowest BCUT2D eigenvalue weighted by Crippen LogP contribution is -2.17. The molecule has 1 aliphatic heterocycles. The highest BCUT2D eigenvalue weighted by molar-refractivity contribution is 5.37. The minimum Gasteiger partial charge on any atom is -0.381 e. The molecule has 1 atom stereocenters. The van der Waals surface area contributed by atoms with Crippen LogP contribution in [0.4, 0.5) is 11.9 Å². The Kier molecular flexibility index (Phi) is 4.22. The summed E-state index contributed by atoms with van der Waals surface area (Å²) < 4.78 is 7.05. The molecular formula is C12H18N8O. The molecule has 0 spiro atoms. The lowest BCUT2D eigenvalue weighted by molar-refractivity contribution is 0.185. The summed E-state index contributed by atoms with van der Waals surface area (Å²) in [5.41, 5.74) is 2.45. The molecule has 2 aromatic rings. The number of aromatic nitrogens is 5.